The minimum Gasteiger partial charge on any atom is -0.462 e. The second-order valence-corrected chi connectivity index (χ2v) is 23.1. The fourth-order valence-corrected chi connectivity index (χ4v) is 10.2. The number of carbonyl (C=O) groups is 3. The van der Waals surface area contributed by atoms with E-state index < -0.39 is 6.10 Å². The van der Waals surface area contributed by atoms with Gasteiger partial charge in [-0.1, -0.05) is 345 Å². The van der Waals surface area contributed by atoms with Crippen LogP contribution in [-0.4, -0.2) is 37.2 Å². The molecule has 1 atom stereocenters. The second kappa shape index (κ2) is 66.6. The molecule has 0 amide bonds. The molecule has 0 fully saturated rings. The van der Waals surface area contributed by atoms with Crippen LogP contribution in [0.2, 0.25) is 0 Å². The molecule has 0 aromatic heterocycles. The highest BCUT2D eigenvalue weighted by Crippen LogP contribution is 2.18. The monoisotopic (exact) mass is 1090 g/mol. The standard InChI is InChI=1S/C72H130O6/c1-4-7-10-13-16-19-22-24-26-28-29-30-31-32-33-34-35-36-37-38-39-40-41-42-44-45-47-50-53-56-59-62-65-71(74)77-68-69(67-76-70(73)64-61-58-55-52-49-21-18-15-12-9-6-3)78-72(75)66-63-60-57-54-51-48-46-43-27-25-23-20-17-14-11-8-5-2/h8,11,17,20,25,27,46,48,54,57,69H,4-7,9-10,12-16,18-19,21-24,26,28-45,47,49-53,55-56,58-68H2,1-3H3/b11-8-,20-17-,27-25-,48-46-,57-54-. The topological polar surface area (TPSA) is 78.9 Å². The van der Waals surface area contributed by atoms with Crippen LogP contribution >= 0.6 is 0 Å². The smallest absolute Gasteiger partial charge is 0.306 e. The summed E-state index contributed by atoms with van der Waals surface area (Å²) in [6.07, 6.45) is 85.7. The highest BCUT2D eigenvalue weighted by Gasteiger charge is 2.19. The van der Waals surface area contributed by atoms with E-state index in [1.54, 1.807) is 0 Å². The zero-order valence-electron chi connectivity index (χ0n) is 52.2. The molecule has 6 nitrogen and oxygen atoms in total. The molecule has 0 aliphatic carbocycles. The van der Waals surface area contributed by atoms with E-state index in [9.17, 15) is 14.4 Å². The summed E-state index contributed by atoms with van der Waals surface area (Å²) >= 11 is 0. The Kier molecular flexibility index (Phi) is 64.2. The van der Waals surface area contributed by atoms with Crippen molar-refractivity contribution in [1.82, 2.24) is 0 Å². The molecule has 454 valence electrons. The first-order chi connectivity index (χ1) is 38.5. The summed E-state index contributed by atoms with van der Waals surface area (Å²) in [4.78, 5) is 38.2. The Morgan fingerprint density at radius 3 is 0.769 bits per heavy atom. The van der Waals surface area contributed by atoms with Gasteiger partial charge in [0, 0.05) is 19.3 Å². The first-order valence-corrected chi connectivity index (χ1v) is 34.3. The summed E-state index contributed by atoms with van der Waals surface area (Å²) in [6.45, 7) is 6.52. The van der Waals surface area contributed by atoms with Crippen LogP contribution < -0.4 is 0 Å². The molecule has 0 rings (SSSR count). The maximum Gasteiger partial charge on any atom is 0.306 e. The molecule has 1 unspecified atom stereocenters. The molecule has 78 heavy (non-hydrogen) atoms. The van der Waals surface area contributed by atoms with Crippen molar-refractivity contribution in [3.8, 4) is 0 Å². The van der Waals surface area contributed by atoms with E-state index in [0.29, 0.717) is 19.3 Å². The molecule has 0 aromatic carbocycles. The van der Waals surface area contributed by atoms with Gasteiger partial charge in [-0.25, -0.2) is 0 Å². The number of unbranched alkanes of at least 4 members (excludes halogenated alkanes) is 42. The van der Waals surface area contributed by atoms with Crippen LogP contribution in [0.3, 0.4) is 0 Å². The zero-order chi connectivity index (χ0) is 56.4. The maximum absolute atomic E-state index is 12.9. The van der Waals surface area contributed by atoms with Gasteiger partial charge in [-0.15, -0.1) is 0 Å². The molecule has 6 heteroatoms. The Hall–Kier alpha value is -2.89. The molecule has 0 aromatic rings. The largest absolute Gasteiger partial charge is 0.462 e. The minimum absolute atomic E-state index is 0.0926. The third-order valence-electron chi connectivity index (χ3n) is 15.3. The first-order valence-electron chi connectivity index (χ1n) is 34.3. The van der Waals surface area contributed by atoms with Crippen molar-refractivity contribution in [1.29, 1.82) is 0 Å². The van der Waals surface area contributed by atoms with Gasteiger partial charge in [0.1, 0.15) is 13.2 Å². The summed E-state index contributed by atoms with van der Waals surface area (Å²) in [7, 11) is 0. The van der Waals surface area contributed by atoms with Crippen molar-refractivity contribution in [3.63, 3.8) is 0 Å². The molecule has 0 saturated heterocycles. The van der Waals surface area contributed by atoms with Gasteiger partial charge in [0.15, 0.2) is 6.10 Å². The summed E-state index contributed by atoms with van der Waals surface area (Å²) in [6, 6.07) is 0. The summed E-state index contributed by atoms with van der Waals surface area (Å²) in [5.74, 6) is -0.934. The fourth-order valence-electron chi connectivity index (χ4n) is 10.2. The molecule has 0 radical (unpaired) electrons. The Balaban J connectivity index is 4.13. The minimum atomic E-state index is -0.801. The average molecular weight is 1090 g/mol. The Morgan fingerprint density at radius 2 is 0.500 bits per heavy atom. The lowest BCUT2D eigenvalue weighted by Crippen LogP contribution is -2.30. The third-order valence-corrected chi connectivity index (χ3v) is 15.3. The zero-order valence-corrected chi connectivity index (χ0v) is 52.2. The second-order valence-electron chi connectivity index (χ2n) is 23.1. The van der Waals surface area contributed by atoms with Gasteiger partial charge >= 0.3 is 17.9 Å². The molecular weight excluding hydrogens is 961 g/mol. The molecule has 0 spiro atoms. The van der Waals surface area contributed by atoms with Crippen LogP contribution in [0, 0.1) is 0 Å². The van der Waals surface area contributed by atoms with Crippen molar-refractivity contribution in [2.75, 3.05) is 13.2 Å². The maximum atomic E-state index is 12.9. The molecule has 0 saturated carbocycles. The van der Waals surface area contributed by atoms with Gasteiger partial charge in [0.05, 0.1) is 0 Å². The van der Waals surface area contributed by atoms with Crippen LogP contribution in [0.15, 0.2) is 60.8 Å². The normalized spacial score (nSPS) is 12.4. The number of allylic oxidation sites excluding steroid dienone is 10. The van der Waals surface area contributed by atoms with Gasteiger partial charge in [-0.3, -0.25) is 14.4 Å². The van der Waals surface area contributed by atoms with Gasteiger partial charge in [-0.2, -0.15) is 0 Å². The quantitative estimate of drug-likeness (QED) is 0.0261. The number of carbonyl (C=O) groups excluding carboxylic acids is 3. The van der Waals surface area contributed by atoms with Gasteiger partial charge in [0.2, 0.25) is 0 Å². The van der Waals surface area contributed by atoms with Crippen molar-refractivity contribution in [3.05, 3.63) is 60.8 Å². The van der Waals surface area contributed by atoms with Crippen LogP contribution in [0.5, 0.6) is 0 Å². The van der Waals surface area contributed by atoms with Crippen molar-refractivity contribution in [2.45, 2.75) is 367 Å². The number of ether oxygens (including phenoxy) is 3. The van der Waals surface area contributed by atoms with Crippen LogP contribution in [-0.2, 0) is 28.6 Å². The number of hydrogen-bond donors (Lipinski definition) is 0. The van der Waals surface area contributed by atoms with Crippen LogP contribution in [0.1, 0.15) is 361 Å². The summed E-state index contributed by atoms with van der Waals surface area (Å²) in [5, 5.41) is 0. The lowest BCUT2D eigenvalue weighted by molar-refractivity contribution is -0.167. The van der Waals surface area contributed by atoms with Gasteiger partial charge in [0.25, 0.3) is 0 Å². The van der Waals surface area contributed by atoms with E-state index in [2.05, 4.69) is 81.5 Å². The third kappa shape index (κ3) is 63.9. The molecule has 0 aliphatic rings. The van der Waals surface area contributed by atoms with Crippen molar-refractivity contribution < 1.29 is 28.6 Å². The van der Waals surface area contributed by atoms with Gasteiger partial charge < -0.3 is 14.2 Å². The summed E-state index contributed by atoms with van der Waals surface area (Å²) < 4.78 is 16.9. The molecule has 0 heterocycles. The Labute approximate surface area is 485 Å². The number of esters is 3. The van der Waals surface area contributed by atoms with E-state index in [1.807, 2.05) is 0 Å². The fraction of sp³-hybridized carbons (Fsp3) is 0.819. The highest BCUT2D eigenvalue weighted by atomic mass is 16.6. The lowest BCUT2D eigenvalue weighted by Gasteiger charge is -2.18. The van der Waals surface area contributed by atoms with E-state index in [1.165, 1.54) is 238 Å². The average Bonchev–Trinajstić information content (AvgIpc) is 3.44. The van der Waals surface area contributed by atoms with Crippen molar-refractivity contribution in [2.24, 2.45) is 0 Å². The molecular formula is C72H130O6. The number of hydrogen-bond acceptors (Lipinski definition) is 6. The van der Waals surface area contributed by atoms with E-state index in [-0.39, 0.29) is 37.5 Å². The van der Waals surface area contributed by atoms with E-state index in [0.717, 1.165) is 77.0 Å². The SMILES string of the molecule is CC/C=C\C/C=C\C/C=C\C/C=C\C/C=C\CCCC(=O)OC(COC(=O)CCCCCCCCCCCCC)COC(=O)CCCCCCCCCCCCCCCCCCCCCCCCCCCCCCCCCC. The predicted octanol–water partition coefficient (Wildman–Crippen LogP) is 23.5. The molecule has 0 N–H and O–H groups in total. The Bertz CT molecular complexity index is 1390. The van der Waals surface area contributed by atoms with Gasteiger partial charge in [-0.05, 0) is 57.8 Å². The Morgan fingerprint density at radius 1 is 0.269 bits per heavy atom. The predicted molar refractivity (Wildman–Crippen MR) is 339 cm³/mol. The van der Waals surface area contributed by atoms with E-state index >= 15 is 0 Å². The molecule has 0 bridgehead atoms. The molecule has 0 aliphatic heterocycles. The van der Waals surface area contributed by atoms with E-state index in [4.69, 9.17) is 14.2 Å². The van der Waals surface area contributed by atoms with Crippen molar-refractivity contribution >= 4 is 17.9 Å². The van der Waals surface area contributed by atoms with Crippen LogP contribution in [0.4, 0.5) is 0 Å². The first kappa shape index (κ1) is 75.1. The number of rotatable bonds is 63. The summed E-state index contributed by atoms with van der Waals surface area (Å²) in [5.41, 5.74) is 0. The van der Waals surface area contributed by atoms with Crippen LogP contribution in [0.25, 0.3) is 0 Å². The lowest BCUT2D eigenvalue weighted by atomic mass is 10.0. The highest BCUT2D eigenvalue weighted by molar-refractivity contribution is 5.71.